The minimum atomic E-state index is 0.899. The summed E-state index contributed by atoms with van der Waals surface area (Å²) in [7, 11) is 0. The molecule has 0 saturated heterocycles. The van der Waals surface area contributed by atoms with Gasteiger partial charge in [0.05, 0.1) is 0 Å². The summed E-state index contributed by atoms with van der Waals surface area (Å²) in [5, 5.41) is 22.3. The highest BCUT2D eigenvalue weighted by Gasteiger charge is 2.22. The highest BCUT2D eigenvalue weighted by Crippen LogP contribution is 2.49. The van der Waals surface area contributed by atoms with E-state index in [-0.39, 0.29) is 0 Å². The third kappa shape index (κ3) is 3.97. The van der Waals surface area contributed by atoms with Gasteiger partial charge in [-0.2, -0.15) is 0 Å². The number of furan rings is 1. The molecule has 0 unspecified atom stereocenters. The topological polar surface area (TPSA) is 13.1 Å². The third-order valence-corrected chi connectivity index (χ3v) is 12.3. The van der Waals surface area contributed by atoms with Gasteiger partial charge in [-0.05, 0) is 127 Å². The first-order chi connectivity index (χ1) is 27.3. The van der Waals surface area contributed by atoms with Crippen molar-refractivity contribution in [3.05, 3.63) is 182 Å². The van der Waals surface area contributed by atoms with E-state index in [0.29, 0.717) is 0 Å². The second-order valence-electron chi connectivity index (χ2n) is 15.1. The number of hydrogen-bond donors (Lipinski definition) is 0. The average molecular weight is 695 g/mol. The predicted molar refractivity (Wildman–Crippen MR) is 236 cm³/mol. The van der Waals surface area contributed by atoms with Gasteiger partial charge in [0.2, 0.25) is 0 Å². The van der Waals surface area contributed by atoms with Gasteiger partial charge in [0.25, 0.3) is 0 Å². The van der Waals surface area contributed by atoms with Gasteiger partial charge < -0.3 is 4.42 Å². The Kier molecular flexibility index (Phi) is 5.69. The first kappa shape index (κ1) is 29.3. The molecular weight excluding hydrogens is 665 g/mol. The molecule has 1 aromatic heterocycles. The quantitative estimate of drug-likeness (QED) is 0.130. The molecule has 0 fully saturated rings. The molecule has 0 bridgehead atoms. The summed E-state index contributed by atoms with van der Waals surface area (Å²) in [4.78, 5) is 0. The van der Waals surface area contributed by atoms with E-state index in [9.17, 15) is 0 Å². The Hall–Kier alpha value is -7.22. The van der Waals surface area contributed by atoms with E-state index in [1.54, 1.807) is 0 Å². The molecule has 55 heavy (non-hydrogen) atoms. The summed E-state index contributed by atoms with van der Waals surface area (Å²) in [6.07, 6.45) is 0. The summed E-state index contributed by atoms with van der Waals surface area (Å²) >= 11 is 0. The van der Waals surface area contributed by atoms with Gasteiger partial charge in [0.1, 0.15) is 11.2 Å². The van der Waals surface area contributed by atoms with Crippen molar-refractivity contribution in [3.63, 3.8) is 0 Å². The summed E-state index contributed by atoms with van der Waals surface area (Å²) in [5.74, 6) is 0. The van der Waals surface area contributed by atoms with Crippen LogP contribution in [0.3, 0.4) is 0 Å². The highest BCUT2D eigenvalue weighted by molar-refractivity contribution is 6.30. The lowest BCUT2D eigenvalue weighted by Gasteiger charge is -2.18. The van der Waals surface area contributed by atoms with Gasteiger partial charge in [-0.15, -0.1) is 0 Å². The van der Waals surface area contributed by atoms with Crippen molar-refractivity contribution in [1.82, 2.24) is 0 Å². The Balaban J connectivity index is 1.24. The fourth-order valence-corrected chi connectivity index (χ4v) is 9.91. The lowest BCUT2D eigenvalue weighted by Crippen LogP contribution is -1.91. The zero-order valence-electron chi connectivity index (χ0n) is 29.7. The zero-order chi connectivity index (χ0) is 35.8. The number of hydrogen-bond acceptors (Lipinski definition) is 1. The predicted octanol–water partition coefficient (Wildman–Crippen LogP) is 15.6. The molecule has 0 aliphatic rings. The summed E-state index contributed by atoms with van der Waals surface area (Å²) in [6.45, 7) is 0. The zero-order valence-corrected chi connectivity index (χ0v) is 29.7. The molecule has 0 amide bonds. The molecule has 13 rings (SSSR count). The van der Waals surface area contributed by atoms with Crippen LogP contribution in [0.2, 0.25) is 0 Å². The van der Waals surface area contributed by atoms with Crippen LogP contribution in [0.15, 0.2) is 186 Å². The monoisotopic (exact) mass is 694 g/mol. The van der Waals surface area contributed by atoms with E-state index in [2.05, 4.69) is 182 Å². The largest absolute Gasteiger partial charge is 0.455 e. The van der Waals surface area contributed by atoms with E-state index < -0.39 is 0 Å². The van der Waals surface area contributed by atoms with Crippen LogP contribution in [0.5, 0.6) is 0 Å². The molecule has 0 N–H and O–H groups in total. The van der Waals surface area contributed by atoms with Gasteiger partial charge in [-0.25, -0.2) is 0 Å². The molecule has 1 heteroatoms. The van der Waals surface area contributed by atoms with Gasteiger partial charge in [-0.3, -0.25) is 0 Å². The number of benzene rings is 12. The summed E-state index contributed by atoms with van der Waals surface area (Å²) in [6, 6.07) is 67.5. The fraction of sp³-hybridized carbons (Fsp3) is 0. The van der Waals surface area contributed by atoms with Crippen molar-refractivity contribution >= 4 is 108 Å². The van der Waals surface area contributed by atoms with E-state index in [0.717, 1.165) is 32.9 Å². The Labute approximate surface area is 315 Å². The molecule has 13 aromatic rings. The van der Waals surface area contributed by atoms with E-state index in [1.807, 2.05) is 0 Å². The van der Waals surface area contributed by atoms with Crippen molar-refractivity contribution in [2.24, 2.45) is 0 Å². The van der Waals surface area contributed by atoms with Crippen LogP contribution in [0.25, 0.3) is 130 Å². The van der Waals surface area contributed by atoms with E-state index >= 15 is 0 Å². The van der Waals surface area contributed by atoms with Crippen LogP contribution in [-0.2, 0) is 0 Å². The normalized spacial score (nSPS) is 12.4. The van der Waals surface area contributed by atoms with Crippen molar-refractivity contribution in [2.45, 2.75) is 0 Å². The third-order valence-electron chi connectivity index (χ3n) is 12.3. The van der Waals surface area contributed by atoms with Gasteiger partial charge in [-0.1, -0.05) is 158 Å². The molecule has 1 heterocycles. The molecule has 252 valence electrons. The molecule has 0 aliphatic heterocycles. The Bertz CT molecular complexity index is 3750. The van der Waals surface area contributed by atoms with Crippen LogP contribution in [0.1, 0.15) is 0 Å². The highest BCUT2D eigenvalue weighted by atomic mass is 16.3. The molecule has 1 nitrogen and oxygen atoms in total. The maximum absolute atomic E-state index is 7.10. The van der Waals surface area contributed by atoms with Crippen molar-refractivity contribution in [1.29, 1.82) is 0 Å². The van der Waals surface area contributed by atoms with Crippen molar-refractivity contribution in [3.8, 4) is 22.3 Å². The Morgan fingerprint density at radius 2 is 0.836 bits per heavy atom. The molecule has 0 saturated carbocycles. The smallest absolute Gasteiger partial charge is 0.143 e. The summed E-state index contributed by atoms with van der Waals surface area (Å²) < 4.78 is 7.10. The van der Waals surface area contributed by atoms with Crippen LogP contribution in [0.4, 0.5) is 0 Å². The van der Waals surface area contributed by atoms with Crippen LogP contribution in [0, 0.1) is 0 Å². The molecule has 0 spiro atoms. The van der Waals surface area contributed by atoms with Crippen molar-refractivity contribution < 1.29 is 4.42 Å². The first-order valence-corrected chi connectivity index (χ1v) is 19.1. The number of rotatable bonds is 2. The lowest BCUT2D eigenvalue weighted by molar-refractivity contribution is 0.673. The number of fused-ring (bicyclic) bond motifs is 11. The maximum Gasteiger partial charge on any atom is 0.143 e. The van der Waals surface area contributed by atoms with E-state index in [1.165, 1.54) is 97.5 Å². The second kappa shape index (κ2) is 10.7. The second-order valence-corrected chi connectivity index (χ2v) is 15.1. The SMILES string of the molecule is c1ccc2c(c1)ccc1c(-c3cc(-c4ccc5ccc6cccc7ccc4c5c67)c4c(c3)oc3c5ccccc5ccc34)c3c(ccc4ccccc43)cc12. The van der Waals surface area contributed by atoms with E-state index in [4.69, 9.17) is 4.42 Å². The fourth-order valence-electron chi connectivity index (χ4n) is 9.91. The lowest BCUT2D eigenvalue weighted by atomic mass is 9.84. The van der Waals surface area contributed by atoms with Gasteiger partial charge in [0, 0.05) is 16.2 Å². The Morgan fingerprint density at radius 3 is 1.65 bits per heavy atom. The van der Waals surface area contributed by atoms with Crippen molar-refractivity contribution in [2.75, 3.05) is 0 Å². The molecule has 0 atom stereocenters. The van der Waals surface area contributed by atoms with Gasteiger partial charge >= 0.3 is 0 Å². The molecule has 0 radical (unpaired) electrons. The van der Waals surface area contributed by atoms with Crippen LogP contribution < -0.4 is 0 Å². The average Bonchev–Trinajstić information content (AvgIpc) is 3.63. The molecular formula is C54H30O. The summed E-state index contributed by atoms with van der Waals surface area (Å²) in [5.41, 5.74) is 6.62. The molecule has 12 aromatic carbocycles. The Morgan fingerprint density at radius 1 is 0.273 bits per heavy atom. The molecule has 0 aliphatic carbocycles. The first-order valence-electron chi connectivity index (χ1n) is 19.1. The standard InChI is InChI=1S/C54H30O/c1-4-13-39-31(8-1)20-25-44-46(39)28-37-19-16-32-9-2-5-14-40(32)51(37)52(44)38-29-47(53-45-27-21-33-10-3-6-15-41(33)54(45)55-48(53)30-38)42-24-22-36-18-17-34-11-7-12-35-23-26-43(42)50(36)49(34)35/h1-30H. The van der Waals surface area contributed by atoms with Crippen LogP contribution in [-0.4, -0.2) is 0 Å². The minimum absolute atomic E-state index is 0.899. The van der Waals surface area contributed by atoms with Gasteiger partial charge in [0.15, 0.2) is 0 Å². The van der Waals surface area contributed by atoms with Crippen LogP contribution >= 0.6 is 0 Å². The maximum atomic E-state index is 7.10. The minimum Gasteiger partial charge on any atom is -0.455 e.